The Labute approximate surface area is 181 Å². The molecule has 3 N–H and O–H groups in total. The van der Waals surface area contributed by atoms with Crippen LogP contribution in [0.25, 0.3) is 0 Å². The molecule has 0 radical (unpaired) electrons. The first-order chi connectivity index (χ1) is 14.6. The topological polar surface area (TPSA) is 88.7 Å². The normalized spacial score (nSPS) is 15.3. The second kappa shape index (κ2) is 10.7. The Kier molecular flexibility index (Phi) is 7.75. The lowest BCUT2D eigenvalue weighted by Crippen LogP contribution is -2.35. The maximum atomic E-state index is 12.6. The maximum Gasteiger partial charge on any atom is 0.257 e. The van der Waals surface area contributed by atoms with Crippen molar-refractivity contribution in [1.29, 1.82) is 0 Å². The van der Waals surface area contributed by atoms with Crippen molar-refractivity contribution in [3.63, 3.8) is 0 Å². The van der Waals surface area contributed by atoms with Gasteiger partial charge in [-0.2, -0.15) is 0 Å². The van der Waals surface area contributed by atoms with Gasteiger partial charge in [0.2, 0.25) is 0 Å². The third kappa shape index (κ3) is 6.01. The van der Waals surface area contributed by atoms with Crippen LogP contribution in [0, 0.1) is 0 Å². The summed E-state index contributed by atoms with van der Waals surface area (Å²) in [5, 5.41) is 8.56. The van der Waals surface area contributed by atoms with Crippen LogP contribution in [0.3, 0.4) is 0 Å². The number of anilines is 1. The van der Waals surface area contributed by atoms with E-state index in [0.717, 1.165) is 19.4 Å². The van der Waals surface area contributed by atoms with Crippen LogP contribution in [-0.2, 0) is 4.74 Å². The second-order valence-corrected chi connectivity index (χ2v) is 7.16. The average molecular weight is 428 g/mol. The van der Waals surface area contributed by atoms with Gasteiger partial charge in [0.25, 0.3) is 11.8 Å². The van der Waals surface area contributed by atoms with Crippen molar-refractivity contribution in [3.05, 3.63) is 59.7 Å². The Balaban J connectivity index is 1.58. The summed E-state index contributed by atoms with van der Waals surface area (Å²) in [6.45, 7) is 3.65. The Bertz CT molecular complexity index is 896. The van der Waals surface area contributed by atoms with Crippen molar-refractivity contribution in [1.82, 2.24) is 10.6 Å². The molecule has 2 aromatic rings. The summed E-state index contributed by atoms with van der Waals surface area (Å²) in [6.07, 6.45) is 2.02. The molecule has 1 aliphatic rings. The van der Waals surface area contributed by atoms with E-state index < -0.39 is 0 Å². The highest BCUT2D eigenvalue weighted by molar-refractivity contribution is 7.80. The largest absolute Gasteiger partial charge is 0.494 e. The lowest BCUT2D eigenvalue weighted by atomic mass is 10.1. The molecule has 0 unspecified atom stereocenters. The third-order valence-electron chi connectivity index (χ3n) is 4.59. The number of nitrogens with one attached hydrogen (secondary N) is 3. The van der Waals surface area contributed by atoms with E-state index in [-0.39, 0.29) is 23.0 Å². The first-order valence-electron chi connectivity index (χ1n) is 9.91. The summed E-state index contributed by atoms with van der Waals surface area (Å²) >= 11 is 5.26. The van der Waals surface area contributed by atoms with Crippen LogP contribution in [0.1, 0.15) is 40.5 Å². The van der Waals surface area contributed by atoms with E-state index in [1.807, 2.05) is 6.92 Å². The molecule has 0 aromatic heterocycles. The smallest absolute Gasteiger partial charge is 0.257 e. The van der Waals surface area contributed by atoms with Crippen molar-refractivity contribution in [2.24, 2.45) is 0 Å². The number of hydrogen-bond donors (Lipinski definition) is 3. The lowest BCUT2D eigenvalue weighted by Gasteiger charge is -2.15. The third-order valence-corrected chi connectivity index (χ3v) is 4.79. The van der Waals surface area contributed by atoms with Gasteiger partial charge in [-0.05, 0) is 68.4 Å². The van der Waals surface area contributed by atoms with Crippen molar-refractivity contribution in [2.45, 2.75) is 25.9 Å². The van der Waals surface area contributed by atoms with E-state index in [4.69, 9.17) is 21.7 Å². The van der Waals surface area contributed by atoms with Gasteiger partial charge in [0.1, 0.15) is 5.75 Å². The van der Waals surface area contributed by atoms with Crippen LogP contribution in [0.4, 0.5) is 5.69 Å². The van der Waals surface area contributed by atoms with Crippen LogP contribution in [0.5, 0.6) is 5.75 Å². The molecule has 30 heavy (non-hydrogen) atoms. The van der Waals surface area contributed by atoms with Gasteiger partial charge in [-0.15, -0.1) is 0 Å². The second-order valence-electron chi connectivity index (χ2n) is 6.76. The quantitative estimate of drug-likeness (QED) is 0.589. The molecule has 158 valence electrons. The number of carbonyl (C=O) groups excluding carboxylic acids is 2. The van der Waals surface area contributed by atoms with Gasteiger partial charge in [0.15, 0.2) is 5.11 Å². The highest BCUT2D eigenvalue weighted by atomic mass is 32.1. The number of thiocarbonyl (C=S) groups is 1. The Morgan fingerprint density at radius 2 is 1.90 bits per heavy atom. The molecule has 0 aliphatic carbocycles. The molecule has 1 fully saturated rings. The fraction of sp³-hybridized carbons (Fsp3) is 0.318. The molecule has 2 aromatic carbocycles. The Morgan fingerprint density at radius 1 is 1.13 bits per heavy atom. The van der Waals surface area contributed by atoms with Crippen LogP contribution in [-0.4, -0.2) is 42.8 Å². The molecule has 1 saturated heterocycles. The zero-order valence-electron chi connectivity index (χ0n) is 16.8. The number of para-hydroxylation sites is 1. The van der Waals surface area contributed by atoms with Crippen molar-refractivity contribution in [3.8, 4) is 5.75 Å². The molecule has 0 saturated carbocycles. The van der Waals surface area contributed by atoms with Gasteiger partial charge in [-0.3, -0.25) is 14.9 Å². The number of carbonyl (C=O) groups is 2. The minimum atomic E-state index is -0.351. The molecular weight excluding hydrogens is 402 g/mol. The van der Waals surface area contributed by atoms with Gasteiger partial charge in [0, 0.05) is 18.7 Å². The number of hydrogen-bond acceptors (Lipinski definition) is 5. The molecule has 1 aliphatic heterocycles. The van der Waals surface area contributed by atoms with Crippen molar-refractivity contribution < 1.29 is 19.1 Å². The van der Waals surface area contributed by atoms with Crippen LogP contribution in [0.2, 0.25) is 0 Å². The predicted molar refractivity (Wildman–Crippen MR) is 119 cm³/mol. The minimum absolute atomic E-state index is 0.0588. The van der Waals surface area contributed by atoms with E-state index in [0.29, 0.717) is 35.7 Å². The molecule has 1 heterocycles. The molecule has 7 nitrogen and oxygen atoms in total. The Morgan fingerprint density at radius 3 is 2.60 bits per heavy atom. The molecule has 0 bridgehead atoms. The van der Waals surface area contributed by atoms with E-state index in [1.54, 1.807) is 48.5 Å². The van der Waals surface area contributed by atoms with Crippen molar-refractivity contribution >= 4 is 34.8 Å². The van der Waals surface area contributed by atoms with Gasteiger partial charge in [-0.25, -0.2) is 0 Å². The van der Waals surface area contributed by atoms with Gasteiger partial charge in [-0.1, -0.05) is 12.1 Å². The summed E-state index contributed by atoms with van der Waals surface area (Å²) in [7, 11) is 0. The highest BCUT2D eigenvalue weighted by Gasteiger charge is 2.18. The SMILES string of the molecule is CCOc1ccc(C(=O)NC(=S)Nc2ccccc2C(=O)NC[C@@H]2CCCO2)cc1. The van der Waals surface area contributed by atoms with Crippen LogP contribution < -0.4 is 20.7 Å². The summed E-state index contributed by atoms with van der Waals surface area (Å²) in [5.74, 6) is 0.114. The molecule has 1 atom stereocenters. The van der Waals surface area contributed by atoms with Crippen LogP contribution >= 0.6 is 12.2 Å². The van der Waals surface area contributed by atoms with Crippen LogP contribution in [0.15, 0.2) is 48.5 Å². The zero-order valence-corrected chi connectivity index (χ0v) is 17.6. The average Bonchev–Trinajstić information content (AvgIpc) is 3.27. The summed E-state index contributed by atoms with van der Waals surface area (Å²) in [4.78, 5) is 25.0. The van der Waals surface area contributed by atoms with Gasteiger partial charge < -0.3 is 20.1 Å². The van der Waals surface area contributed by atoms with Crippen molar-refractivity contribution in [2.75, 3.05) is 25.1 Å². The first-order valence-corrected chi connectivity index (χ1v) is 10.3. The fourth-order valence-corrected chi connectivity index (χ4v) is 3.30. The fourth-order valence-electron chi connectivity index (χ4n) is 3.10. The highest BCUT2D eigenvalue weighted by Crippen LogP contribution is 2.16. The van der Waals surface area contributed by atoms with Gasteiger partial charge in [0.05, 0.1) is 24.0 Å². The zero-order chi connectivity index (χ0) is 21.3. The Hall–Kier alpha value is -2.97. The summed E-state index contributed by atoms with van der Waals surface area (Å²) < 4.78 is 10.9. The predicted octanol–water partition coefficient (Wildman–Crippen LogP) is 3.12. The number of ether oxygens (including phenoxy) is 2. The number of amides is 2. The standard InChI is InChI=1S/C22H25N3O4S/c1-2-28-16-11-9-15(10-12-16)20(26)25-22(30)24-19-8-4-3-7-18(19)21(27)23-14-17-6-5-13-29-17/h3-4,7-12,17H,2,5-6,13-14H2,1H3,(H,23,27)(H2,24,25,26,30)/t17-/m0/s1. The maximum absolute atomic E-state index is 12.6. The minimum Gasteiger partial charge on any atom is -0.494 e. The first kappa shape index (κ1) is 21.7. The number of benzene rings is 2. The monoisotopic (exact) mass is 427 g/mol. The van der Waals surface area contributed by atoms with E-state index >= 15 is 0 Å². The van der Waals surface area contributed by atoms with E-state index in [1.165, 1.54) is 0 Å². The summed E-state index contributed by atoms with van der Waals surface area (Å²) in [6, 6.07) is 13.8. The van der Waals surface area contributed by atoms with Gasteiger partial charge >= 0.3 is 0 Å². The molecule has 8 heteroatoms. The molecule has 3 rings (SSSR count). The van der Waals surface area contributed by atoms with E-state index in [2.05, 4.69) is 16.0 Å². The molecule has 0 spiro atoms. The molecular formula is C22H25N3O4S. The molecule has 2 amide bonds. The van der Waals surface area contributed by atoms with E-state index in [9.17, 15) is 9.59 Å². The number of rotatable bonds is 7. The summed E-state index contributed by atoms with van der Waals surface area (Å²) in [5.41, 5.74) is 1.40. The lowest BCUT2D eigenvalue weighted by molar-refractivity contribution is 0.0858.